The molecule has 2 fully saturated rings. The number of amides is 1. The average molecular weight is 381 g/mol. The number of carbonyl (C=O) groups is 1. The molecule has 1 amide bonds. The van der Waals surface area contributed by atoms with E-state index in [2.05, 4.69) is 27.5 Å². The van der Waals surface area contributed by atoms with Gasteiger partial charge in [0.1, 0.15) is 5.82 Å². The SMILES string of the molecule is CC(SCC(=O)NC1CC2CCC(C1)N2)c1nc2ccccc2[nH]1.Cl. The van der Waals surface area contributed by atoms with Gasteiger partial charge in [0.25, 0.3) is 0 Å². The number of aromatic nitrogens is 2. The number of benzene rings is 1. The lowest BCUT2D eigenvalue weighted by Gasteiger charge is -2.29. The Bertz CT molecular complexity index is 692. The Hall–Kier alpha value is -1.24. The number of rotatable bonds is 5. The lowest BCUT2D eigenvalue weighted by Crippen LogP contribution is -2.48. The molecule has 25 heavy (non-hydrogen) atoms. The normalized spacial score (nSPS) is 26.2. The highest BCUT2D eigenvalue weighted by Crippen LogP contribution is 2.29. The van der Waals surface area contributed by atoms with Crippen LogP contribution in [0.4, 0.5) is 0 Å². The maximum Gasteiger partial charge on any atom is 0.230 e. The Kier molecular flexibility index (Phi) is 5.92. The highest BCUT2D eigenvalue weighted by molar-refractivity contribution is 8.00. The highest BCUT2D eigenvalue weighted by atomic mass is 35.5. The minimum absolute atomic E-state index is 0. The molecule has 5 nitrogen and oxygen atoms in total. The van der Waals surface area contributed by atoms with Crippen LogP contribution in [-0.2, 0) is 4.79 Å². The Balaban J connectivity index is 0.00000182. The Morgan fingerprint density at radius 3 is 2.76 bits per heavy atom. The lowest BCUT2D eigenvalue weighted by molar-refractivity contribution is -0.119. The van der Waals surface area contributed by atoms with Crippen LogP contribution in [0.5, 0.6) is 0 Å². The van der Waals surface area contributed by atoms with Crippen molar-refractivity contribution in [1.29, 1.82) is 0 Å². The number of nitrogens with one attached hydrogen (secondary N) is 3. The third kappa shape index (κ3) is 4.30. The highest BCUT2D eigenvalue weighted by Gasteiger charge is 2.33. The van der Waals surface area contributed by atoms with Crippen molar-refractivity contribution in [3.8, 4) is 0 Å². The summed E-state index contributed by atoms with van der Waals surface area (Å²) in [7, 11) is 0. The van der Waals surface area contributed by atoms with E-state index in [1.54, 1.807) is 11.8 Å². The number of hydrogen-bond donors (Lipinski definition) is 3. The van der Waals surface area contributed by atoms with Gasteiger partial charge < -0.3 is 15.6 Å². The first-order chi connectivity index (χ1) is 11.7. The molecular formula is C18H25ClN4OS. The number of aromatic amines is 1. The Morgan fingerprint density at radius 2 is 2.04 bits per heavy atom. The van der Waals surface area contributed by atoms with Crippen LogP contribution in [0.15, 0.2) is 24.3 Å². The topological polar surface area (TPSA) is 69.8 Å². The van der Waals surface area contributed by atoms with Gasteiger partial charge in [0.2, 0.25) is 5.91 Å². The molecule has 4 rings (SSSR count). The predicted octanol–water partition coefficient (Wildman–Crippen LogP) is 3.18. The third-order valence-corrected chi connectivity index (χ3v) is 6.25. The number of carbonyl (C=O) groups excluding carboxylic acids is 1. The molecule has 0 radical (unpaired) electrons. The molecule has 2 aromatic rings. The van der Waals surface area contributed by atoms with Gasteiger partial charge in [-0.1, -0.05) is 12.1 Å². The minimum atomic E-state index is 0. The van der Waals surface area contributed by atoms with E-state index in [0.717, 1.165) is 29.7 Å². The summed E-state index contributed by atoms with van der Waals surface area (Å²) in [6.07, 6.45) is 4.67. The van der Waals surface area contributed by atoms with Gasteiger partial charge in [0.05, 0.1) is 22.0 Å². The van der Waals surface area contributed by atoms with Crippen molar-refractivity contribution < 1.29 is 4.79 Å². The van der Waals surface area contributed by atoms with Gasteiger partial charge in [-0.25, -0.2) is 4.98 Å². The van der Waals surface area contributed by atoms with Crippen LogP contribution in [-0.4, -0.2) is 39.8 Å². The van der Waals surface area contributed by atoms with Crippen molar-refractivity contribution in [1.82, 2.24) is 20.6 Å². The molecule has 0 spiro atoms. The molecule has 7 heteroatoms. The Labute approximate surface area is 158 Å². The van der Waals surface area contributed by atoms with Gasteiger partial charge in [0.15, 0.2) is 0 Å². The van der Waals surface area contributed by atoms with Crippen LogP contribution in [0.25, 0.3) is 11.0 Å². The van der Waals surface area contributed by atoms with Gasteiger partial charge >= 0.3 is 0 Å². The third-order valence-electron chi connectivity index (χ3n) is 5.10. The van der Waals surface area contributed by atoms with E-state index in [1.165, 1.54) is 12.8 Å². The number of piperidine rings is 1. The van der Waals surface area contributed by atoms with E-state index in [9.17, 15) is 4.79 Å². The second kappa shape index (κ2) is 7.98. The summed E-state index contributed by atoms with van der Waals surface area (Å²) in [4.78, 5) is 20.2. The molecule has 2 aliphatic heterocycles. The van der Waals surface area contributed by atoms with Crippen molar-refractivity contribution >= 4 is 41.1 Å². The van der Waals surface area contributed by atoms with Crippen molar-refractivity contribution in [2.45, 2.75) is 56.0 Å². The summed E-state index contributed by atoms with van der Waals surface area (Å²) < 4.78 is 0. The van der Waals surface area contributed by atoms with Crippen LogP contribution in [0.1, 0.15) is 43.7 Å². The van der Waals surface area contributed by atoms with Crippen molar-refractivity contribution in [2.24, 2.45) is 0 Å². The number of nitrogens with zero attached hydrogens (tertiary/aromatic N) is 1. The number of halogens is 1. The van der Waals surface area contributed by atoms with Crippen LogP contribution >= 0.6 is 24.2 Å². The monoisotopic (exact) mass is 380 g/mol. The fourth-order valence-corrected chi connectivity index (χ4v) is 4.64. The zero-order valence-corrected chi connectivity index (χ0v) is 16.0. The molecule has 3 N–H and O–H groups in total. The van der Waals surface area contributed by atoms with Crippen LogP contribution in [0.2, 0.25) is 0 Å². The fraction of sp³-hybridized carbons (Fsp3) is 0.556. The van der Waals surface area contributed by atoms with E-state index < -0.39 is 0 Å². The summed E-state index contributed by atoms with van der Waals surface area (Å²) in [5.41, 5.74) is 2.03. The van der Waals surface area contributed by atoms with Crippen molar-refractivity contribution in [2.75, 3.05) is 5.75 Å². The van der Waals surface area contributed by atoms with Gasteiger partial charge in [-0.05, 0) is 44.7 Å². The van der Waals surface area contributed by atoms with Crippen LogP contribution < -0.4 is 10.6 Å². The van der Waals surface area contributed by atoms with Gasteiger partial charge in [-0.3, -0.25) is 4.79 Å². The first-order valence-electron chi connectivity index (χ1n) is 8.79. The number of para-hydroxylation sites is 2. The number of H-pyrrole nitrogens is 1. The average Bonchev–Trinajstić information content (AvgIpc) is 3.15. The maximum absolute atomic E-state index is 12.3. The van der Waals surface area contributed by atoms with Crippen molar-refractivity contribution in [3.05, 3.63) is 30.1 Å². The smallest absolute Gasteiger partial charge is 0.230 e. The number of hydrogen-bond acceptors (Lipinski definition) is 4. The summed E-state index contributed by atoms with van der Waals surface area (Å²) >= 11 is 1.64. The molecule has 2 bridgehead atoms. The molecule has 1 aromatic heterocycles. The first kappa shape index (κ1) is 18.5. The van der Waals surface area contributed by atoms with Gasteiger partial charge in [0, 0.05) is 18.1 Å². The molecule has 0 aliphatic carbocycles. The molecule has 136 valence electrons. The summed E-state index contributed by atoms with van der Waals surface area (Å²) in [5, 5.41) is 7.01. The molecule has 3 unspecified atom stereocenters. The number of fused-ring (bicyclic) bond motifs is 3. The summed E-state index contributed by atoms with van der Waals surface area (Å²) in [5.74, 6) is 1.57. The summed E-state index contributed by atoms with van der Waals surface area (Å²) in [6, 6.07) is 9.59. The predicted molar refractivity (Wildman–Crippen MR) is 105 cm³/mol. The molecule has 0 saturated carbocycles. The lowest BCUT2D eigenvalue weighted by atomic mass is 10.00. The second-order valence-corrected chi connectivity index (χ2v) is 8.30. The van der Waals surface area contributed by atoms with Gasteiger partial charge in [-0.15, -0.1) is 24.2 Å². The first-order valence-corrected chi connectivity index (χ1v) is 9.84. The Morgan fingerprint density at radius 1 is 1.32 bits per heavy atom. The van der Waals surface area contributed by atoms with E-state index >= 15 is 0 Å². The molecule has 2 saturated heterocycles. The van der Waals surface area contributed by atoms with Gasteiger partial charge in [-0.2, -0.15) is 0 Å². The molecule has 3 atom stereocenters. The summed E-state index contributed by atoms with van der Waals surface area (Å²) in [6.45, 7) is 2.10. The fourth-order valence-electron chi connectivity index (χ4n) is 3.89. The maximum atomic E-state index is 12.3. The van der Waals surface area contributed by atoms with Crippen molar-refractivity contribution in [3.63, 3.8) is 0 Å². The standard InChI is InChI=1S/C18H24N4OS.ClH/c1-11(18-21-15-4-2-3-5-16(15)22-18)24-10-17(23)20-14-8-12-6-7-13(9-14)19-12;/h2-5,11-14,19H,6-10H2,1H3,(H,20,23)(H,21,22);1H. The molecular weight excluding hydrogens is 356 g/mol. The van der Waals surface area contributed by atoms with E-state index in [-0.39, 0.29) is 23.6 Å². The second-order valence-electron chi connectivity index (χ2n) is 6.97. The molecule has 1 aromatic carbocycles. The number of thioether (sulfide) groups is 1. The number of imidazole rings is 1. The molecule has 2 aliphatic rings. The zero-order chi connectivity index (χ0) is 16.5. The quantitative estimate of drug-likeness (QED) is 0.745. The van der Waals surface area contributed by atoms with Crippen LogP contribution in [0.3, 0.4) is 0 Å². The van der Waals surface area contributed by atoms with Crippen LogP contribution in [0, 0.1) is 0 Å². The van der Waals surface area contributed by atoms with E-state index in [4.69, 9.17) is 0 Å². The van der Waals surface area contributed by atoms with E-state index in [0.29, 0.717) is 23.9 Å². The minimum Gasteiger partial charge on any atom is -0.353 e. The van der Waals surface area contributed by atoms with E-state index in [1.807, 2.05) is 24.3 Å². The zero-order valence-electron chi connectivity index (χ0n) is 14.3. The molecule has 3 heterocycles. The largest absolute Gasteiger partial charge is 0.353 e.